The molecule has 0 unspecified atom stereocenters. The van der Waals surface area contributed by atoms with Gasteiger partial charge < -0.3 is 9.84 Å². The summed E-state index contributed by atoms with van der Waals surface area (Å²) in [7, 11) is 0. The molecule has 0 spiro atoms. The van der Waals surface area contributed by atoms with Gasteiger partial charge in [0.2, 0.25) is 0 Å². The standard InChI is InChI=1S/C15H20O4/c1-3-9-19-14-8-7-11(2)10-12(14)13(16)5-4-6-15(17)18/h7-8,10H,3-6,9H2,1-2H3,(H,17,18). The number of Topliss-reactive ketones (excluding diaryl/α,β-unsaturated/α-hetero) is 1. The van der Waals surface area contributed by atoms with Crippen LogP contribution < -0.4 is 4.74 Å². The number of aliphatic carboxylic acids is 1. The molecule has 1 aromatic rings. The maximum atomic E-state index is 12.1. The molecular weight excluding hydrogens is 244 g/mol. The molecule has 0 radical (unpaired) electrons. The Morgan fingerprint density at radius 2 is 2.00 bits per heavy atom. The van der Waals surface area contributed by atoms with Crippen LogP contribution in [0.2, 0.25) is 0 Å². The minimum atomic E-state index is -0.875. The van der Waals surface area contributed by atoms with Crippen molar-refractivity contribution >= 4 is 11.8 Å². The van der Waals surface area contributed by atoms with Crippen LogP contribution in [0, 0.1) is 6.92 Å². The first kappa shape index (κ1) is 15.2. The topological polar surface area (TPSA) is 63.6 Å². The highest BCUT2D eigenvalue weighted by atomic mass is 16.5. The van der Waals surface area contributed by atoms with Crippen molar-refractivity contribution in [3.8, 4) is 5.75 Å². The Balaban J connectivity index is 2.75. The van der Waals surface area contributed by atoms with Gasteiger partial charge >= 0.3 is 5.97 Å². The van der Waals surface area contributed by atoms with Crippen molar-refractivity contribution in [3.63, 3.8) is 0 Å². The van der Waals surface area contributed by atoms with E-state index in [4.69, 9.17) is 9.84 Å². The molecule has 1 rings (SSSR count). The van der Waals surface area contributed by atoms with Crippen molar-refractivity contribution < 1.29 is 19.4 Å². The first-order valence-corrected chi connectivity index (χ1v) is 6.53. The largest absolute Gasteiger partial charge is 0.493 e. The molecule has 0 aliphatic carbocycles. The third-order valence-corrected chi connectivity index (χ3v) is 2.69. The van der Waals surface area contributed by atoms with Crippen LogP contribution in [0.25, 0.3) is 0 Å². The SMILES string of the molecule is CCCOc1ccc(C)cc1C(=O)CCCC(=O)O. The number of carboxylic acid groups (broad SMARTS) is 1. The molecular formula is C15H20O4. The molecule has 0 saturated heterocycles. The summed E-state index contributed by atoms with van der Waals surface area (Å²) in [5.41, 5.74) is 1.55. The number of carbonyl (C=O) groups is 2. The number of rotatable bonds is 8. The number of ether oxygens (including phenoxy) is 1. The lowest BCUT2D eigenvalue weighted by Crippen LogP contribution is -2.06. The fraction of sp³-hybridized carbons (Fsp3) is 0.467. The average Bonchev–Trinajstić information content (AvgIpc) is 2.36. The maximum Gasteiger partial charge on any atom is 0.303 e. The van der Waals surface area contributed by atoms with Crippen LogP contribution >= 0.6 is 0 Å². The molecule has 19 heavy (non-hydrogen) atoms. The van der Waals surface area contributed by atoms with Gasteiger partial charge in [0.05, 0.1) is 12.2 Å². The quantitative estimate of drug-likeness (QED) is 0.732. The normalized spacial score (nSPS) is 10.2. The third-order valence-electron chi connectivity index (χ3n) is 2.69. The Morgan fingerprint density at radius 1 is 1.26 bits per heavy atom. The number of aryl methyl sites for hydroxylation is 1. The second kappa shape index (κ2) is 7.56. The Morgan fingerprint density at radius 3 is 2.63 bits per heavy atom. The van der Waals surface area contributed by atoms with Crippen molar-refractivity contribution in [1.29, 1.82) is 0 Å². The van der Waals surface area contributed by atoms with E-state index in [0.717, 1.165) is 12.0 Å². The summed E-state index contributed by atoms with van der Waals surface area (Å²) in [5, 5.41) is 8.58. The Kier molecular flexibility index (Phi) is 6.06. The Labute approximate surface area is 113 Å². The Bertz CT molecular complexity index is 451. The van der Waals surface area contributed by atoms with Crippen molar-refractivity contribution in [1.82, 2.24) is 0 Å². The molecule has 0 aliphatic rings. The zero-order valence-corrected chi connectivity index (χ0v) is 11.4. The van der Waals surface area contributed by atoms with Gasteiger partial charge in [-0.25, -0.2) is 0 Å². The number of carboxylic acids is 1. The molecule has 1 N–H and O–H groups in total. The van der Waals surface area contributed by atoms with Crippen molar-refractivity contribution in [2.24, 2.45) is 0 Å². The summed E-state index contributed by atoms with van der Waals surface area (Å²) in [5.74, 6) is -0.344. The lowest BCUT2D eigenvalue weighted by Gasteiger charge is -2.11. The van der Waals surface area contributed by atoms with E-state index in [-0.39, 0.29) is 18.6 Å². The first-order valence-electron chi connectivity index (χ1n) is 6.53. The molecule has 0 heterocycles. The second-order valence-electron chi connectivity index (χ2n) is 4.52. The molecule has 0 amide bonds. The van der Waals surface area contributed by atoms with Crippen molar-refractivity contribution in [2.75, 3.05) is 6.61 Å². The molecule has 1 aromatic carbocycles. The highest BCUT2D eigenvalue weighted by Crippen LogP contribution is 2.22. The fourth-order valence-corrected chi connectivity index (χ4v) is 1.73. The summed E-state index contributed by atoms with van der Waals surface area (Å²) >= 11 is 0. The fourth-order valence-electron chi connectivity index (χ4n) is 1.73. The van der Waals surface area contributed by atoms with Gasteiger partial charge in [0.15, 0.2) is 5.78 Å². The second-order valence-corrected chi connectivity index (χ2v) is 4.52. The number of hydrogen-bond donors (Lipinski definition) is 1. The van der Waals surface area contributed by atoms with Crippen LogP contribution in [-0.4, -0.2) is 23.5 Å². The van der Waals surface area contributed by atoms with Crippen LogP contribution in [0.4, 0.5) is 0 Å². The van der Waals surface area contributed by atoms with Crippen LogP contribution in [0.3, 0.4) is 0 Å². The number of carbonyl (C=O) groups excluding carboxylic acids is 1. The predicted molar refractivity (Wildman–Crippen MR) is 72.8 cm³/mol. The minimum absolute atomic E-state index is 0.0166. The maximum absolute atomic E-state index is 12.1. The highest BCUT2D eigenvalue weighted by Gasteiger charge is 2.13. The van der Waals surface area contributed by atoms with Gasteiger partial charge in [-0.3, -0.25) is 9.59 Å². The predicted octanol–water partition coefficient (Wildman–Crippen LogP) is 3.22. The summed E-state index contributed by atoms with van der Waals surface area (Å²) in [6, 6.07) is 5.50. The molecule has 0 aliphatic heterocycles. The van der Waals surface area contributed by atoms with E-state index < -0.39 is 5.97 Å². The molecule has 4 heteroatoms. The van der Waals surface area contributed by atoms with Gasteiger partial charge in [0.1, 0.15) is 5.75 Å². The summed E-state index contributed by atoms with van der Waals surface area (Å²) in [6.45, 7) is 4.48. The molecule has 104 valence electrons. The van der Waals surface area contributed by atoms with Gasteiger partial charge in [-0.1, -0.05) is 18.6 Å². The van der Waals surface area contributed by atoms with Crippen molar-refractivity contribution in [3.05, 3.63) is 29.3 Å². The molecule has 0 fully saturated rings. The van der Waals surface area contributed by atoms with E-state index in [1.165, 1.54) is 0 Å². The molecule has 0 aromatic heterocycles. The molecule has 0 saturated carbocycles. The number of hydrogen-bond acceptors (Lipinski definition) is 3. The van der Waals surface area contributed by atoms with Gasteiger partial charge in [0, 0.05) is 12.8 Å². The van der Waals surface area contributed by atoms with Gasteiger partial charge in [-0.05, 0) is 31.9 Å². The minimum Gasteiger partial charge on any atom is -0.493 e. The van der Waals surface area contributed by atoms with E-state index in [9.17, 15) is 9.59 Å². The third kappa shape index (κ3) is 5.12. The Hall–Kier alpha value is -1.84. The van der Waals surface area contributed by atoms with E-state index in [1.807, 2.05) is 19.9 Å². The number of benzene rings is 1. The van der Waals surface area contributed by atoms with Crippen LogP contribution in [0.1, 0.15) is 48.5 Å². The first-order chi connectivity index (χ1) is 9.04. The molecule has 0 bridgehead atoms. The summed E-state index contributed by atoms with van der Waals surface area (Å²) in [6.07, 6.45) is 1.48. The van der Waals surface area contributed by atoms with E-state index in [1.54, 1.807) is 12.1 Å². The lowest BCUT2D eigenvalue weighted by atomic mass is 10.0. The van der Waals surface area contributed by atoms with E-state index >= 15 is 0 Å². The van der Waals surface area contributed by atoms with Crippen molar-refractivity contribution in [2.45, 2.75) is 39.5 Å². The number of ketones is 1. The van der Waals surface area contributed by atoms with Crippen LogP contribution in [-0.2, 0) is 4.79 Å². The van der Waals surface area contributed by atoms with Gasteiger partial charge in [-0.15, -0.1) is 0 Å². The van der Waals surface area contributed by atoms with E-state index in [2.05, 4.69) is 0 Å². The monoisotopic (exact) mass is 264 g/mol. The van der Waals surface area contributed by atoms with Gasteiger partial charge in [-0.2, -0.15) is 0 Å². The summed E-state index contributed by atoms with van der Waals surface area (Å²) < 4.78 is 5.55. The van der Waals surface area contributed by atoms with Crippen LogP contribution in [0.15, 0.2) is 18.2 Å². The summed E-state index contributed by atoms with van der Waals surface area (Å²) in [4.78, 5) is 22.5. The zero-order chi connectivity index (χ0) is 14.3. The molecule has 4 nitrogen and oxygen atoms in total. The van der Waals surface area contributed by atoms with Gasteiger partial charge in [0.25, 0.3) is 0 Å². The molecule has 0 atom stereocenters. The highest BCUT2D eigenvalue weighted by molar-refractivity contribution is 5.99. The smallest absolute Gasteiger partial charge is 0.303 e. The lowest BCUT2D eigenvalue weighted by molar-refractivity contribution is -0.137. The van der Waals surface area contributed by atoms with E-state index in [0.29, 0.717) is 24.3 Å². The zero-order valence-electron chi connectivity index (χ0n) is 11.4. The van der Waals surface area contributed by atoms with Crippen LogP contribution in [0.5, 0.6) is 5.75 Å². The average molecular weight is 264 g/mol.